The van der Waals surface area contributed by atoms with Crippen molar-refractivity contribution < 1.29 is 22.8 Å². The van der Waals surface area contributed by atoms with Crippen LogP contribution in [0, 0.1) is 0 Å². The second-order valence-electron chi connectivity index (χ2n) is 5.22. The average Bonchev–Trinajstić information content (AvgIpc) is 2.59. The van der Waals surface area contributed by atoms with Gasteiger partial charge in [-0.25, -0.2) is 0 Å². The van der Waals surface area contributed by atoms with Gasteiger partial charge in [-0.3, -0.25) is 20.4 Å². The molecule has 0 aromatic heterocycles. The fourth-order valence-electron chi connectivity index (χ4n) is 2.01. The second-order valence-corrected chi connectivity index (χ2v) is 5.22. The molecule has 0 heterocycles. The normalized spacial score (nSPS) is 12.2. The first-order valence-corrected chi connectivity index (χ1v) is 7.37. The van der Waals surface area contributed by atoms with Gasteiger partial charge in [0.25, 0.3) is 11.8 Å². The summed E-state index contributed by atoms with van der Waals surface area (Å²) < 4.78 is 38.6. The van der Waals surface area contributed by atoms with E-state index in [2.05, 4.69) is 16.2 Å². The molecule has 0 bridgehead atoms. The summed E-state index contributed by atoms with van der Waals surface area (Å²) in [5.41, 5.74) is 3.59. The third-order valence-corrected chi connectivity index (χ3v) is 3.33. The molecule has 2 amide bonds. The molecule has 2 aromatic carbocycles. The predicted octanol–water partition coefficient (Wildman–Crippen LogP) is 2.97. The quantitative estimate of drug-likeness (QED) is 0.726. The first kappa shape index (κ1) is 18.3. The lowest BCUT2D eigenvalue weighted by molar-refractivity contribution is -0.137. The first-order valence-electron chi connectivity index (χ1n) is 7.37. The molecule has 2 rings (SSSR count). The molecule has 0 saturated heterocycles. The highest BCUT2D eigenvalue weighted by molar-refractivity contribution is 5.97. The summed E-state index contributed by atoms with van der Waals surface area (Å²) in [4.78, 5) is 23.9. The Morgan fingerprint density at radius 2 is 1.56 bits per heavy atom. The van der Waals surface area contributed by atoms with Crippen molar-refractivity contribution in [3.05, 3.63) is 65.7 Å². The monoisotopic (exact) mass is 351 g/mol. The molecular formula is C17H16F3N3O2. The summed E-state index contributed by atoms with van der Waals surface area (Å²) in [6.45, 7) is 1.42. The van der Waals surface area contributed by atoms with Crippen LogP contribution in [0.4, 0.5) is 18.9 Å². The number of rotatable bonds is 5. The van der Waals surface area contributed by atoms with Crippen molar-refractivity contribution >= 4 is 17.5 Å². The number of carbonyl (C=O) groups excluding carboxylic acids is 2. The van der Waals surface area contributed by atoms with Crippen molar-refractivity contribution in [2.75, 3.05) is 5.43 Å². The number of para-hydroxylation sites is 1. The molecule has 3 N–H and O–H groups in total. The number of benzene rings is 2. The Bertz CT molecular complexity index is 748. The Hall–Kier alpha value is -3.03. The van der Waals surface area contributed by atoms with Gasteiger partial charge in [0.15, 0.2) is 0 Å². The predicted molar refractivity (Wildman–Crippen MR) is 86.6 cm³/mol. The number of alkyl halides is 3. The molecule has 1 atom stereocenters. The maximum Gasteiger partial charge on any atom is 0.418 e. The number of anilines is 1. The molecular weight excluding hydrogens is 335 g/mol. The molecule has 0 aliphatic heterocycles. The van der Waals surface area contributed by atoms with Crippen LogP contribution in [-0.4, -0.2) is 17.9 Å². The Morgan fingerprint density at radius 3 is 2.20 bits per heavy atom. The molecule has 1 unspecified atom stereocenters. The Labute approximate surface area is 142 Å². The van der Waals surface area contributed by atoms with E-state index in [-0.39, 0.29) is 5.69 Å². The van der Waals surface area contributed by atoms with Crippen molar-refractivity contribution in [1.29, 1.82) is 0 Å². The maximum absolute atomic E-state index is 12.9. The molecule has 0 radical (unpaired) electrons. The molecule has 5 nitrogen and oxygen atoms in total. The Morgan fingerprint density at radius 1 is 0.960 bits per heavy atom. The largest absolute Gasteiger partial charge is 0.418 e. The lowest BCUT2D eigenvalue weighted by Gasteiger charge is -2.17. The van der Waals surface area contributed by atoms with Crippen LogP contribution >= 0.6 is 0 Å². The SMILES string of the molecule is CC(NC(=O)c1ccccc1)C(=O)NNc1ccccc1C(F)(F)F. The second kappa shape index (κ2) is 7.69. The molecule has 0 aliphatic carbocycles. The van der Waals surface area contributed by atoms with Crippen LogP contribution in [0.2, 0.25) is 0 Å². The highest BCUT2D eigenvalue weighted by Gasteiger charge is 2.33. The van der Waals surface area contributed by atoms with E-state index in [0.29, 0.717) is 5.56 Å². The number of hydrogen-bond donors (Lipinski definition) is 3. The highest BCUT2D eigenvalue weighted by atomic mass is 19.4. The summed E-state index contributed by atoms with van der Waals surface area (Å²) >= 11 is 0. The van der Waals surface area contributed by atoms with Crippen LogP contribution in [0.3, 0.4) is 0 Å². The van der Waals surface area contributed by atoms with E-state index >= 15 is 0 Å². The minimum atomic E-state index is -4.55. The molecule has 0 fully saturated rings. The van der Waals surface area contributed by atoms with E-state index in [4.69, 9.17) is 0 Å². The van der Waals surface area contributed by atoms with Gasteiger partial charge in [-0.15, -0.1) is 0 Å². The van der Waals surface area contributed by atoms with Crippen molar-refractivity contribution in [1.82, 2.24) is 10.7 Å². The fourth-order valence-corrected chi connectivity index (χ4v) is 2.01. The zero-order chi connectivity index (χ0) is 18.4. The summed E-state index contributed by atoms with van der Waals surface area (Å²) in [6, 6.07) is 12.1. The molecule has 2 aromatic rings. The van der Waals surface area contributed by atoms with Crippen molar-refractivity contribution in [3.63, 3.8) is 0 Å². The number of carbonyl (C=O) groups is 2. The third-order valence-electron chi connectivity index (χ3n) is 3.33. The number of hydrogen-bond acceptors (Lipinski definition) is 3. The van der Waals surface area contributed by atoms with Crippen LogP contribution in [-0.2, 0) is 11.0 Å². The zero-order valence-corrected chi connectivity index (χ0v) is 13.2. The van der Waals surface area contributed by atoms with Crippen LogP contribution in [0.15, 0.2) is 54.6 Å². The van der Waals surface area contributed by atoms with Crippen LogP contribution in [0.1, 0.15) is 22.8 Å². The Balaban J connectivity index is 1.96. The molecule has 0 aliphatic rings. The molecule has 0 saturated carbocycles. The lowest BCUT2D eigenvalue weighted by atomic mass is 10.2. The Kier molecular flexibility index (Phi) is 5.63. The number of hydrazine groups is 1. The van der Waals surface area contributed by atoms with Crippen LogP contribution in [0.25, 0.3) is 0 Å². The molecule has 25 heavy (non-hydrogen) atoms. The van der Waals surface area contributed by atoms with E-state index < -0.39 is 29.6 Å². The van der Waals surface area contributed by atoms with Gasteiger partial charge >= 0.3 is 6.18 Å². The summed E-state index contributed by atoms with van der Waals surface area (Å²) in [6.07, 6.45) is -4.55. The maximum atomic E-state index is 12.9. The van der Waals surface area contributed by atoms with Gasteiger partial charge in [0.05, 0.1) is 11.3 Å². The zero-order valence-electron chi connectivity index (χ0n) is 13.2. The van der Waals surface area contributed by atoms with Crippen LogP contribution in [0.5, 0.6) is 0 Å². The number of amides is 2. The van der Waals surface area contributed by atoms with Gasteiger partial charge < -0.3 is 5.32 Å². The molecule has 132 valence electrons. The van der Waals surface area contributed by atoms with Gasteiger partial charge in [0.1, 0.15) is 6.04 Å². The number of nitrogens with one attached hydrogen (secondary N) is 3. The van der Waals surface area contributed by atoms with Gasteiger partial charge in [-0.05, 0) is 31.2 Å². The van der Waals surface area contributed by atoms with Gasteiger partial charge in [0.2, 0.25) is 0 Å². The summed E-state index contributed by atoms with van der Waals surface area (Å²) in [5, 5.41) is 2.46. The minimum Gasteiger partial charge on any atom is -0.340 e. The fraction of sp³-hybridized carbons (Fsp3) is 0.176. The van der Waals surface area contributed by atoms with Gasteiger partial charge in [-0.1, -0.05) is 30.3 Å². The van der Waals surface area contributed by atoms with E-state index in [1.165, 1.54) is 25.1 Å². The highest BCUT2D eigenvalue weighted by Crippen LogP contribution is 2.34. The van der Waals surface area contributed by atoms with Crippen molar-refractivity contribution in [2.45, 2.75) is 19.1 Å². The first-order chi connectivity index (χ1) is 11.8. The lowest BCUT2D eigenvalue weighted by Crippen LogP contribution is -2.46. The van der Waals surface area contributed by atoms with Crippen molar-refractivity contribution in [2.24, 2.45) is 0 Å². The van der Waals surface area contributed by atoms with Crippen LogP contribution < -0.4 is 16.2 Å². The average molecular weight is 351 g/mol. The summed E-state index contributed by atoms with van der Waals surface area (Å²) in [7, 11) is 0. The van der Waals surface area contributed by atoms with Crippen molar-refractivity contribution in [3.8, 4) is 0 Å². The number of halogens is 3. The summed E-state index contributed by atoms with van der Waals surface area (Å²) in [5.74, 6) is -1.14. The molecule has 0 spiro atoms. The third kappa shape index (κ3) is 4.97. The van der Waals surface area contributed by atoms with E-state index in [0.717, 1.165) is 6.07 Å². The molecule has 8 heteroatoms. The standard InChI is InChI=1S/C17H16F3N3O2/c1-11(21-16(25)12-7-3-2-4-8-12)15(24)23-22-14-10-6-5-9-13(14)17(18,19)20/h2-11,22H,1H3,(H,21,25)(H,23,24). The van der Waals surface area contributed by atoms with E-state index in [1.807, 2.05) is 0 Å². The van der Waals surface area contributed by atoms with Gasteiger partial charge in [-0.2, -0.15) is 13.2 Å². The minimum absolute atomic E-state index is 0.287. The van der Waals surface area contributed by atoms with E-state index in [1.54, 1.807) is 30.3 Å². The van der Waals surface area contributed by atoms with Gasteiger partial charge in [0, 0.05) is 5.56 Å². The topological polar surface area (TPSA) is 70.2 Å². The smallest absolute Gasteiger partial charge is 0.340 e. The van der Waals surface area contributed by atoms with E-state index in [9.17, 15) is 22.8 Å².